The fourth-order valence-corrected chi connectivity index (χ4v) is 4.85. The molecular weight excluding hydrogens is 432 g/mol. The molecule has 1 aliphatic heterocycles. The lowest BCUT2D eigenvalue weighted by atomic mass is 10.2. The SMILES string of the molecule is CCOc1ccccc1-c1nnc(SCC(=O)/C(C#N)=C2/Sc3ccccc3N2C)o1. The molecule has 0 saturated carbocycles. The van der Waals surface area contributed by atoms with Crippen LogP contribution in [0.4, 0.5) is 5.69 Å². The summed E-state index contributed by atoms with van der Waals surface area (Å²) < 4.78 is 11.3. The highest BCUT2D eigenvalue weighted by Crippen LogP contribution is 2.46. The van der Waals surface area contributed by atoms with E-state index in [1.807, 2.05) is 67.4 Å². The molecule has 0 unspecified atom stereocenters. The molecule has 1 aromatic heterocycles. The Morgan fingerprint density at radius 1 is 1.23 bits per heavy atom. The van der Waals surface area contributed by atoms with Crippen molar-refractivity contribution in [3.8, 4) is 23.3 Å². The van der Waals surface area contributed by atoms with Gasteiger partial charge < -0.3 is 14.1 Å². The van der Waals surface area contributed by atoms with Crippen molar-refractivity contribution >= 4 is 35.0 Å². The summed E-state index contributed by atoms with van der Waals surface area (Å²) in [4.78, 5) is 15.7. The number of carbonyl (C=O) groups excluding carboxylic acids is 1. The van der Waals surface area contributed by atoms with E-state index in [0.717, 1.165) is 22.3 Å². The number of Topliss-reactive ketones (excluding diaryl/α,β-unsaturated/α-hetero) is 1. The van der Waals surface area contributed by atoms with Gasteiger partial charge >= 0.3 is 0 Å². The van der Waals surface area contributed by atoms with E-state index in [-0.39, 0.29) is 22.3 Å². The molecule has 7 nitrogen and oxygen atoms in total. The Kier molecular flexibility index (Phi) is 6.30. The Morgan fingerprint density at radius 3 is 2.77 bits per heavy atom. The summed E-state index contributed by atoms with van der Waals surface area (Å²) in [7, 11) is 1.85. The predicted octanol–water partition coefficient (Wildman–Crippen LogP) is 4.77. The first-order chi connectivity index (χ1) is 15.1. The van der Waals surface area contributed by atoms with Gasteiger partial charge in [0.15, 0.2) is 5.78 Å². The number of fused-ring (bicyclic) bond motifs is 1. The molecule has 4 rings (SSSR count). The van der Waals surface area contributed by atoms with Gasteiger partial charge in [0.2, 0.25) is 0 Å². The summed E-state index contributed by atoms with van der Waals surface area (Å²) in [5.74, 6) is 0.702. The fourth-order valence-electron chi connectivity index (χ4n) is 3.05. The number of nitrogens with zero attached hydrogens (tertiary/aromatic N) is 4. The van der Waals surface area contributed by atoms with Gasteiger partial charge in [0.25, 0.3) is 11.1 Å². The minimum atomic E-state index is -0.288. The van der Waals surface area contributed by atoms with Crippen LogP contribution in [0.1, 0.15) is 6.92 Å². The molecule has 9 heteroatoms. The van der Waals surface area contributed by atoms with Crippen molar-refractivity contribution in [2.75, 3.05) is 24.3 Å². The zero-order chi connectivity index (χ0) is 21.8. The minimum Gasteiger partial charge on any atom is -0.493 e. The number of benzene rings is 2. The number of anilines is 1. The van der Waals surface area contributed by atoms with E-state index in [2.05, 4.69) is 16.3 Å². The first kappa shape index (κ1) is 21.0. The summed E-state index contributed by atoms with van der Waals surface area (Å²) in [5.41, 5.74) is 1.79. The molecule has 0 radical (unpaired) electrons. The second-order valence-electron chi connectivity index (χ2n) is 6.43. The molecular formula is C22H18N4O3S2. The Labute approximate surface area is 188 Å². The van der Waals surface area contributed by atoms with Gasteiger partial charge in [-0.05, 0) is 31.2 Å². The Hall–Kier alpha value is -3.22. The van der Waals surface area contributed by atoms with E-state index in [1.165, 1.54) is 11.8 Å². The van der Waals surface area contributed by atoms with Crippen LogP contribution in [0.25, 0.3) is 11.5 Å². The third-order valence-electron chi connectivity index (χ3n) is 4.49. The van der Waals surface area contributed by atoms with Gasteiger partial charge in [-0.25, -0.2) is 0 Å². The average Bonchev–Trinajstić information content (AvgIpc) is 3.39. The van der Waals surface area contributed by atoms with Gasteiger partial charge in [0.1, 0.15) is 22.4 Å². The third kappa shape index (κ3) is 4.31. The van der Waals surface area contributed by atoms with Crippen molar-refractivity contribution in [2.45, 2.75) is 17.0 Å². The van der Waals surface area contributed by atoms with Gasteiger partial charge in [-0.2, -0.15) is 5.26 Å². The molecule has 0 atom stereocenters. The molecule has 31 heavy (non-hydrogen) atoms. The van der Waals surface area contributed by atoms with Crippen molar-refractivity contribution < 1.29 is 13.9 Å². The summed E-state index contributed by atoms with van der Waals surface area (Å²) in [6.07, 6.45) is 0. The van der Waals surface area contributed by atoms with Crippen LogP contribution in [0.15, 0.2) is 73.7 Å². The Morgan fingerprint density at radius 2 is 2.00 bits per heavy atom. The highest BCUT2D eigenvalue weighted by molar-refractivity contribution is 8.03. The highest BCUT2D eigenvalue weighted by atomic mass is 32.2. The van der Waals surface area contributed by atoms with Gasteiger partial charge in [-0.1, -0.05) is 47.8 Å². The predicted molar refractivity (Wildman–Crippen MR) is 120 cm³/mol. The Bertz CT molecular complexity index is 1200. The molecule has 0 spiro atoms. The molecule has 0 bridgehead atoms. The third-order valence-corrected chi connectivity index (χ3v) is 6.55. The summed E-state index contributed by atoms with van der Waals surface area (Å²) in [6, 6.07) is 17.3. The number of nitriles is 1. The number of allylic oxidation sites excluding steroid dienone is 1. The smallest absolute Gasteiger partial charge is 0.277 e. The lowest BCUT2D eigenvalue weighted by Gasteiger charge is -2.14. The number of aromatic nitrogens is 2. The number of hydrogen-bond acceptors (Lipinski definition) is 9. The standard InChI is InChI=1S/C22H18N4O3S2/c1-3-28-18-10-6-4-8-14(18)20-24-25-22(29-20)30-13-17(27)15(12-23)21-26(2)16-9-5-7-11-19(16)31-21/h4-11H,3,13H2,1-2H3/b21-15+. The molecule has 1 aliphatic rings. The monoisotopic (exact) mass is 450 g/mol. The van der Waals surface area contributed by atoms with E-state index >= 15 is 0 Å². The van der Waals surface area contributed by atoms with Crippen LogP contribution in [0, 0.1) is 11.3 Å². The molecule has 2 aromatic carbocycles. The van der Waals surface area contributed by atoms with Gasteiger partial charge in [-0.15, -0.1) is 10.2 Å². The van der Waals surface area contributed by atoms with Crippen molar-refractivity contribution in [1.82, 2.24) is 10.2 Å². The van der Waals surface area contributed by atoms with Gasteiger partial charge in [0, 0.05) is 11.9 Å². The second kappa shape index (κ2) is 9.29. The number of thioether (sulfide) groups is 2. The zero-order valence-electron chi connectivity index (χ0n) is 16.9. The van der Waals surface area contributed by atoms with E-state index in [0.29, 0.717) is 28.8 Å². The fraction of sp³-hybridized carbons (Fsp3) is 0.182. The molecule has 0 fully saturated rings. The average molecular weight is 451 g/mol. The maximum Gasteiger partial charge on any atom is 0.277 e. The van der Waals surface area contributed by atoms with Crippen LogP contribution in [0.3, 0.4) is 0 Å². The van der Waals surface area contributed by atoms with Crippen molar-refractivity contribution in [3.05, 3.63) is 59.1 Å². The van der Waals surface area contributed by atoms with E-state index in [4.69, 9.17) is 9.15 Å². The number of hydrogen-bond donors (Lipinski definition) is 0. The minimum absolute atomic E-state index is 0.0197. The first-order valence-electron chi connectivity index (χ1n) is 9.49. The van der Waals surface area contributed by atoms with Gasteiger partial charge in [-0.3, -0.25) is 4.79 Å². The summed E-state index contributed by atoms with van der Waals surface area (Å²) >= 11 is 2.53. The van der Waals surface area contributed by atoms with Crippen molar-refractivity contribution in [1.29, 1.82) is 5.26 Å². The number of carbonyl (C=O) groups is 1. The molecule has 156 valence electrons. The first-order valence-corrected chi connectivity index (χ1v) is 11.3. The molecule has 0 aliphatic carbocycles. The lowest BCUT2D eigenvalue weighted by molar-refractivity contribution is -0.112. The van der Waals surface area contributed by atoms with Crippen LogP contribution in [-0.4, -0.2) is 35.4 Å². The molecule has 0 amide bonds. The quantitative estimate of drug-likeness (QED) is 0.286. The Balaban J connectivity index is 1.48. The topological polar surface area (TPSA) is 92.2 Å². The van der Waals surface area contributed by atoms with Gasteiger partial charge in [0.05, 0.1) is 23.6 Å². The van der Waals surface area contributed by atoms with Crippen LogP contribution in [0.2, 0.25) is 0 Å². The largest absolute Gasteiger partial charge is 0.493 e. The number of ether oxygens (including phenoxy) is 1. The molecule has 0 N–H and O–H groups in total. The second-order valence-corrected chi connectivity index (χ2v) is 8.39. The van der Waals surface area contributed by atoms with Crippen molar-refractivity contribution in [2.24, 2.45) is 0 Å². The maximum absolute atomic E-state index is 12.8. The summed E-state index contributed by atoms with van der Waals surface area (Å²) in [6.45, 7) is 2.42. The van der Waals surface area contributed by atoms with E-state index in [9.17, 15) is 10.1 Å². The molecule has 2 heterocycles. The summed E-state index contributed by atoms with van der Waals surface area (Å²) in [5, 5.41) is 18.6. The normalized spacial score (nSPS) is 14.2. The van der Waals surface area contributed by atoms with Crippen LogP contribution in [-0.2, 0) is 4.79 Å². The van der Waals surface area contributed by atoms with Crippen LogP contribution < -0.4 is 9.64 Å². The molecule has 0 saturated heterocycles. The zero-order valence-corrected chi connectivity index (χ0v) is 18.5. The molecule has 3 aromatic rings. The lowest BCUT2D eigenvalue weighted by Crippen LogP contribution is -2.16. The van der Waals surface area contributed by atoms with Crippen LogP contribution in [0.5, 0.6) is 5.75 Å². The van der Waals surface area contributed by atoms with E-state index < -0.39 is 0 Å². The number of para-hydroxylation sites is 2. The van der Waals surface area contributed by atoms with Crippen molar-refractivity contribution in [3.63, 3.8) is 0 Å². The number of ketones is 1. The maximum atomic E-state index is 12.8. The highest BCUT2D eigenvalue weighted by Gasteiger charge is 2.28. The van der Waals surface area contributed by atoms with Crippen LogP contribution >= 0.6 is 23.5 Å². The number of rotatable bonds is 7. The van der Waals surface area contributed by atoms with E-state index in [1.54, 1.807) is 0 Å².